The second kappa shape index (κ2) is 9.90. The van der Waals surface area contributed by atoms with Crippen molar-refractivity contribution >= 4 is 39.0 Å². The van der Waals surface area contributed by atoms with Crippen molar-refractivity contribution in [1.29, 1.82) is 0 Å². The van der Waals surface area contributed by atoms with E-state index in [1.165, 1.54) is 32.5 Å². The molecule has 2 aliphatic heterocycles. The van der Waals surface area contributed by atoms with Crippen LogP contribution in [-0.2, 0) is 16.6 Å². The van der Waals surface area contributed by atoms with E-state index in [-0.39, 0.29) is 11.3 Å². The lowest BCUT2D eigenvalue weighted by Gasteiger charge is -2.40. The molecule has 2 aromatic carbocycles. The molecule has 1 aromatic heterocycles. The van der Waals surface area contributed by atoms with Crippen molar-refractivity contribution in [2.45, 2.75) is 58.8 Å². The van der Waals surface area contributed by atoms with Crippen molar-refractivity contribution in [2.75, 3.05) is 49.1 Å². The van der Waals surface area contributed by atoms with Crippen LogP contribution in [0.5, 0.6) is 0 Å². The highest BCUT2D eigenvalue weighted by atomic mass is 32.1. The normalized spacial score (nSPS) is 18.3. The number of hydrogen-bond donors (Lipinski definition) is 0. The van der Waals surface area contributed by atoms with Gasteiger partial charge in [-0.3, -0.25) is 9.69 Å². The van der Waals surface area contributed by atoms with Gasteiger partial charge >= 0.3 is 0 Å². The van der Waals surface area contributed by atoms with Crippen molar-refractivity contribution in [2.24, 2.45) is 0 Å². The van der Waals surface area contributed by atoms with Crippen LogP contribution < -0.4 is 9.80 Å². The molecule has 5 rings (SSSR count). The van der Waals surface area contributed by atoms with Gasteiger partial charge in [0.1, 0.15) is 5.82 Å². The number of benzene rings is 2. The van der Waals surface area contributed by atoms with E-state index in [9.17, 15) is 4.79 Å². The molecule has 3 aromatic rings. The Balaban J connectivity index is 1.25. The molecule has 1 fully saturated rings. The number of carbonyl (C=O) groups is 1. The van der Waals surface area contributed by atoms with E-state index in [2.05, 4.69) is 78.8 Å². The van der Waals surface area contributed by atoms with Crippen molar-refractivity contribution in [3.8, 4) is 0 Å². The number of aromatic nitrogens is 1. The molecule has 0 aliphatic carbocycles. The lowest BCUT2D eigenvalue weighted by Crippen LogP contribution is -2.47. The largest absolute Gasteiger partial charge is 0.353 e. The van der Waals surface area contributed by atoms with Crippen molar-refractivity contribution < 1.29 is 4.79 Å². The summed E-state index contributed by atoms with van der Waals surface area (Å²) in [5.41, 5.74) is 5.05. The molecule has 35 heavy (non-hydrogen) atoms. The minimum absolute atomic E-state index is 0.113. The highest BCUT2D eigenvalue weighted by Gasteiger charge is 2.37. The Morgan fingerprint density at radius 1 is 1.06 bits per heavy atom. The summed E-state index contributed by atoms with van der Waals surface area (Å²) < 4.78 is 6.02. The third kappa shape index (κ3) is 4.83. The van der Waals surface area contributed by atoms with Gasteiger partial charge in [0.05, 0.1) is 10.4 Å². The minimum Gasteiger partial charge on any atom is -0.353 e. The molecule has 2 aliphatic rings. The number of amides is 1. The SMILES string of the molecule is CCCCN1C(=O)CC(C)(C)c2cc(CCN3CCN(c4nsc5ccccc45)CC3)cc(C)c21. The van der Waals surface area contributed by atoms with E-state index in [1.807, 2.05) is 0 Å². The Labute approximate surface area is 213 Å². The van der Waals surface area contributed by atoms with Gasteiger partial charge in [0.25, 0.3) is 0 Å². The third-order valence-electron chi connectivity index (χ3n) is 7.74. The molecular formula is C29H38N4OS. The highest BCUT2D eigenvalue weighted by Crippen LogP contribution is 2.43. The standard InChI is InChI=1S/C29H38N4OS/c1-5-6-12-33-26(34)20-29(3,4)24-19-22(18-21(2)27(24)33)11-13-31-14-16-32(17-15-31)28-23-9-7-8-10-25(23)35-30-28/h7-10,18-19H,5-6,11-17,20H2,1-4H3. The Bertz CT molecular complexity index is 1210. The first-order chi connectivity index (χ1) is 16.9. The predicted molar refractivity (Wildman–Crippen MR) is 148 cm³/mol. The fourth-order valence-electron chi connectivity index (χ4n) is 5.69. The van der Waals surface area contributed by atoms with E-state index in [0.717, 1.165) is 64.3 Å². The molecule has 6 heteroatoms. The maximum Gasteiger partial charge on any atom is 0.227 e. The minimum atomic E-state index is -0.113. The number of anilines is 2. The second-order valence-electron chi connectivity index (χ2n) is 10.8. The Hall–Kier alpha value is -2.44. The zero-order valence-corrected chi connectivity index (χ0v) is 22.5. The van der Waals surface area contributed by atoms with Gasteiger partial charge in [0.2, 0.25) is 5.91 Å². The Morgan fingerprint density at radius 3 is 2.60 bits per heavy atom. The monoisotopic (exact) mass is 490 g/mol. The fourth-order valence-corrected chi connectivity index (χ4v) is 6.49. The summed E-state index contributed by atoms with van der Waals surface area (Å²) in [6, 6.07) is 13.3. The van der Waals surface area contributed by atoms with E-state index in [0.29, 0.717) is 6.42 Å². The summed E-state index contributed by atoms with van der Waals surface area (Å²) in [6.07, 6.45) is 3.80. The summed E-state index contributed by atoms with van der Waals surface area (Å²) in [7, 11) is 0. The summed E-state index contributed by atoms with van der Waals surface area (Å²) >= 11 is 1.60. The van der Waals surface area contributed by atoms with Crippen molar-refractivity contribution in [3.63, 3.8) is 0 Å². The number of hydrogen-bond acceptors (Lipinski definition) is 5. The average Bonchev–Trinajstić information content (AvgIpc) is 3.27. The zero-order valence-electron chi connectivity index (χ0n) is 21.6. The number of carbonyl (C=O) groups excluding carboxylic acids is 1. The quantitative estimate of drug-likeness (QED) is 0.421. The average molecular weight is 491 g/mol. The van der Waals surface area contributed by atoms with E-state index in [4.69, 9.17) is 4.37 Å². The van der Waals surface area contributed by atoms with Crippen LogP contribution in [0.2, 0.25) is 0 Å². The number of aryl methyl sites for hydroxylation is 1. The maximum atomic E-state index is 12.9. The first kappa shape index (κ1) is 24.3. The van der Waals surface area contributed by atoms with E-state index in [1.54, 1.807) is 11.5 Å². The molecule has 186 valence electrons. The third-order valence-corrected chi connectivity index (χ3v) is 8.55. The number of piperazine rings is 1. The van der Waals surface area contributed by atoms with Crippen LogP contribution in [0, 0.1) is 6.92 Å². The Kier molecular flexibility index (Phi) is 6.86. The first-order valence-electron chi connectivity index (χ1n) is 13.1. The molecule has 0 N–H and O–H groups in total. The second-order valence-corrected chi connectivity index (χ2v) is 11.7. The summed E-state index contributed by atoms with van der Waals surface area (Å²) in [4.78, 5) is 20.0. The fraction of sp³-hybridized carbons (Fsp3) is 0.517. The molecule has 0 radical (unpaired) electrons. The van der Waals surface area contributed by atoms with Gasteiger partial charge in [-0.05, 0) is 60.1 Å². The van der Waals surface area contributed by atoms with Gasteiger partial charge in [-0.1, -0.05) is 51.5 Å². The van der Waals surface area contributed by atoms with Crippen LogP contribution in [0.3, 0.4) is 0 Å². The maximum absolute atomic E-state index is 12.9. The number of nitrogens with zero attached hydrogens (tertiary/aromatic N) is 4. The summed E-state index contributed by atoms with van der Waals surface area (Å²) in [5, 5.41) is 1.28. The predicted octanol–water partition coefficient (Wildman–Crippen LogP) is 5.78. The van der Waals surface area contributed by atoms with Gasteiger partial charge < -0.3 is 9.80 Å². The van der Waals surface area contributed by atoms with Crippen LogP contribution in [-0.4, -0.2) is 54.4 Å². The lowest BCUT2D eigenvalue weighted by molar-refractivity contribution is -0.120. The Morgan fingerprint density at radius 2 is 1.83 bits per heavy atom. The van der Waals surface area contributed by atoms with Crippen LogP contribution in [0.25, 0.3) is 10.1 Å². The summed E-state index contributed by atoms with van der Waals surface area (Å²) in [5.74, 6) is 1.43. The summed E-state index contributed by atoms with van der Waals surface area (Å²) in [6.45, 7) is 14.9. The molecule has 0 bridgehead atoms. The van der Waals surface area contributed by atoms with Crippen LogP contribution in [0.4, 0.5) is 11.5 Å². The molecule has 0 saturated carbocycles. The molecule has 0 atom stereocenters. The van der Waals surface area contributed by atoms with Crippen LogP contribution >= 0.6 is 11.5 Å². The van der Waals surface area contributed by atoms with Gasteiger partial charge in [-0.15, -0.1) is 0 Å². The number of rotatable bonds is 7. The van der Waals surface area contributed by atoms with Crippen molar-refractivity contribution in [1.82, 2.24) is 9.27 Å². The first-order valence-corrected chi connectivity index (χ1v) is 13.9. The van der Waals surface area contributed by atoms with Crippen LogP contribution in [0.1, 0.15) is 56.7 Å². The lowest BCUT2D eigenvalue weighted by atomic mass is 9.75. The zero-order chi connectivity index (χ0) is 24.6. The molecule has 0 unspecified atom stereocenters. The molecule has 1 amide bonds. The molecule has 1 saturated heterocycles. The number of unbranched alkanes of at least 4 members (excludes halogenated alkanes) is 1. The van der Waals surface area contributed by atoms with E-state index < -0.39 is 0 Å². The number of fused-ring (bicyclic) bond motifs is 2. The molecule has 5 nitrogen and oxygen atoms in total. The van der Waals surface area contributed by atoms with E-state index >= 15 is 0 Å². The molecule has 0 spiro atoms. The smallest absolute Gasteiger partial charge is 0.227 e. The van der Waals surface area contributed by atoms with Gasteiger partial charge in [0, 0.05) is 56.5 Å². The van der Waals surface area contributed by atoms with Crippen LogP contribution in [0.15, 0.2) is 36.4 Å². The molecular weight excluding hydrogens is 452 g/mol. The van der Waals surface area contributed by atoms with Gasteiger partial charge in [0.15, 0.2) is 0 Å². The molecule has 3 heterocycles. The highest BCUT2D eigenvalue weighted by molar-refractivity contribution is 7.13. The topological polar surface area (TPSA) is 39.7 Å². The van der Waals surface area contributed by atoms with Gasteiger partial charge in [-0.2, -0.15) is 4.37 Å². The van der Waals surface area contributed by atoms with Gasteiger partial charge in [-0.25, -0.2) is 0 Å². The van der Waals surface area contributed by atoms with Crippen molar-refractivity contribution in [3.05, 3.63) is 53.1 Å².